The summed E-state index contributed by atoms with van der Waals surface area (Å²) in [5.41, 5.74) is 8.26. The molecule has 1 heterocycles. The average Bonchev–Trinajstić information content (AvgIpc) is 2.75. The molecule has 1 fully saturated rings. The molecule has 0 spiro atoms. The quantitative estimate of drug-likeness (QED) is 0.618. The molecular weight excluding hydrogens is 216 g/mol. The van der Waals surface area contributed by atoms with Crippen molar-refractivity contribution in [3.05, 3.63) is 28.8 Å². The molecule has 0 aliphatic carbocycles. The molecule has 17 heavy (non-hydrogen) atoms. The van der Waals surface area contributed by atoms with E-state index in [0.717, 1.165) is 35.5 Å². The maximum atomic E-state index is 7.44. The highest BCUT2D eigenvalue weighted by Gasteiger charge is 2.19. The van der Waals surface area contributed by atoms with Crippen molar-refractivity contribution in [1.29, 1.82) is 5.41 Å². The maximum absolute atomic E-state index is 7.44. The molecule has 0 bridgehead atoms. The molecule has 1 aliphatic heterocycles. The van der Waals surface area contributed by atoms with E-state index in [2.05, 4.69) is 0 Å². The van der Waals surface area contributed by atoms with Gasteiger partial charge in [-0.05, 0) is 37.1 Å². The Morgan fingerprint density at radius 3 is 2.53 bits per heavy atom. The molecule has 1 aromatic carbocycles. The van der Waals surface area contributed by atoms with E-state index in [9.17, 15) is 0 Å². The van der Waals surface area contributed by atoms with Crippen molar-refractivity contribution in [2.24, 2.45) is 5.73 Å². The Morgan fingerprint density at radius 1 is 1.41 bits per heavy atom. The third-order valence-corrected chi connectivity index (χ3v) is 2.94. The Bertz CT molecular complexity index is 414. The van der Waals surface area contributed by atoms with Gasteiger partial charge in [-0.1, -0.05) is 0 Å². The lowest BCUT2D eigenvalue weighted by Crippen LogP contribution is -2.18. The smallest absolute Gasteiger partial charge is 0.125 e. The molecule has 1 aliphatic rings. The molecule has 1 saturated heterocycles. The summed E-state index contributed by atoms with van der Waals surface area (Å²) in [5, 5.41) is 7.44. The summed E-state index contributed by atoms with van der Waals surface area (Å²) in [6.07, 6.45) is 1.09. The predicted octanol–water partition coefficient (Wildman–Crippen LogP) is 1.76. The van der Waals surface area contributed by atoms with Gasteiger partial charge in [-0.15, -0.1) is 0 Å². The van der Waals surface area contributed by atoms with Crippen LogP contribution in [0.25, 0.3) is 0 Å². The molecule has 1 atom stereocenters. The summed E-state index contributed by atoms with van der Waals surface area (Å²) in [6.45, 7) is 5.39. The molecule has 92 valence electrons. The van der Waals surface area contributed by atoms with E-state index in [1.807, 2.05) is 26.0 Å². The Balaban J connectivity index is 2.24. The molecule has 1 unspecified atom stereocenters. The highest BCUT2D eigenvalue weighted by Crippen LogP contribution is 2.27. The lowest BCUT2D eigenvalue weighted by Gasteiger charge is -2.17. The Morgan fingerprint density at radius 2 is 2.06 bits per heavy atom. The zero-order chi connectivity index (χ0) is 12.4. The van der Waals surface area contributed by atoms with Crippen LogP contribution in [0.1, 0.15) is 23.1 Å². The van der Waals surface area contributed by atoms with Gasteiger partial charge < -0.3 is 15.2 Å². The first-order valence-corrected chi connectivity index (χ1v) is 5.78. The fraction of sp³-hybridized carbons (Fsp3) is 0.462. The van der Waals surface area contributed by atoms with Crippen molar-refractivity contribution in [2.45, 2.75) is 26.4 Å². The van der Waals surface area contributed by atoms with Crippen molar-refractivity contribution in [3.63, 3.8) is 0 Å². The molecule has 4 heteroatoms. The second-order valence-corrected chi connectivity index (χ2v) is 4.46. The van der Waals surface area contributed by atoms with Gasteiger partial charge in [-0.3, -0.25) is 5.41 Å². The molecule has 0 saturated carbocycles. The lowest BCUT2D eigenvalue weighted by molar-refractivity contribution is 0.140. The number of rotatable bonds is 3. The Kier molecular flexibility index (Phi) is 3.33. The molecule has 0 aromatic heterocycles. The summed E-state index contributed by atoms with van der Waals surface area (Å²) in [7, 11) is 0. The summed E-state index contributed by atoms with van der Waals surface area (Å²) in [6, 6.07) is 3.78. The van der Waals surface area contributed by atoms with Gasteiger partial charge in [0.25, 0.3) is 0 Å². The van der Waals surface area contributed by atoms with Gasteiger partial charge in [0.15, 0.2) is 0 Å². The first-order chi connectivity index (χ1) is 8.08. The maximum Gasteiger partial charge on any atom is 0.125 e. The van der Waals surface area contributed by atoms with E-state index in [-0.39, 0.29) is 11.9 Å². The van der Waals surface area contributed by atoms with Crippen molar-refractivity contribution < 1.29 is 9.47 Å². The van der Waals surface area contributed by atoms with Crippen molar-refractivity contribution in [3.8, 4) is 5.75 Å². The number of benzene rings is 1. The van der Waals surface area contributed by atoms with Crippen molar-refractivity contribution >= 4 is 5.84 Å². The third kappa shape index (κ3) is 2.58. The standard InChI is InChI=1S/C13H18N2O2/c1-8-5-10(13(14)15)6-9(2)12(8)17-11-3-4-16-7-11/h5-6,11H,3-4,7H2,1-2H3,(H3,14,15). The molecule has 4 nitrogen and oxygen atoms in total. The topological polar surface area (TPSA) is 68.3 Å². The van der Waals surface area contributed by atoms with Gasteiger partial charge in [0.05, 0.1) is 13.2 Å². The number of amidine groups is 1. The van der Waals surface area contributed by atoms with Gasteiger partial charge in [0.1, 0.15) is 17.7 Å². The van der Waals surface area contributed by atoms with E-state index in [4.69, 9.17) is 20.6 Å². The first kappa shape index (κ1) is 11.9. The zero-order valence-corrected chi connectivity index (χ0v) is 10.2. The van der Waals surface area contributed by atoms with Gasteiger partial charge >= 0.3 is 0 Å². The molecule has 0 amide bonds. The minimum absolute atomic E-state index is 0.0898. The van der Waals surface area contributed by atoms with Crippen LogP contribution in [0.2, 0.25) is 0 Å². The molecule has 3 N–H and O–H groups in total. The second-order valence-electron chi connectivity index (χ2n) is 4.46. The molecule has 0 radical (unpaired) electrons. The van der Waals surface area contributed by atoms with E-state index in [1.165, 1.54) is 0 Å². The van der Waals surface area contributed by atoms with Crippen LogP contribution in [0.3, 0.4) is 0 Å². The fourth-order valence-electron chi connectivity index (χ4n) is 2.06. The van der Waals surface area contributed by atoms with Crippen molar-refractivity contribution in [1.82, 2.24) is 0 Å². The summed E-state index contributed by atoms with van der Waals surface area (Å²) in [5.74, 6) is 0.984. The number of nitrogen functional groups attached to an aromatic ring is 1. The van der Waals surface area contributed by atoms with Gasteiger partial charge in [-0.2, -0.15) is 0 Å². The largest absolute Gasteiger partial charge is 0.487 e. The van der Waals surface area contributed by atoms with E-state index >= 15 is 0 Å². The minimum Gasteiger partial charge on any atom is -0.487 e. The Labute approximate surface area is 101 Å². The SMILES string of the molecule is Cc1cc(C(=N)N)cc(C)c1OC1CCOC1. The zero-order valence-electron chi connectivity index (χ0n) is 10.2. The monoisotopic (exact) mass is 234 g/mol. The highest BCUT2D eigenvalue weighted by atomic mass is 16.5. The lowest BCUT2D eigenvalue weighted by atomic mass is 10.0. The number of nitrogens with two attached hydrogens (primary N) is 1. The van der Waals surface area contributed by atoms with Crippen LogP contribution < -0.4 is 10.5 Å². The van der Waals surface area contributed by atoms with Crippen LogP contribution in [-0.2, 0) is 4.74 Å². The van der Waals surface area contributed by atoms with Crippen LogP contribution in [0.5, 0.6) is 5.75 Å². The van der Waals surface area contributed by atoms with Crippen LogP contribution in [0.15, 0.2) is 12.1 Å². The van der Waals surface area contributed by atoms with Crippen LogP contribution in [-0.4, -0.2) is 25.2 Å². The summed E-state index contributed by atoms with van der Waals surface area (Å²) >= 11 is 0. The number of ether oxygens (including phenoxy) is 2. The third-order valence-electron chi connectivity index (χ3n) is 2.94. The number of aryl methyl sites for hydroxylation is 2. The fourth-order valence-corrected chi connectivity index (χ4v) is 2.06. The minimum atomic E-state index is 0.0898. The normalized spacial score (nSPS) is 19.3. The van der Waals surface area contributed by atoms with E-state index in [1.54, 1.807) is 0 Å². The molecular formula is C13H18N2O2. The van der Waals surface area contributed by atoms with Crippen molar-refractivity contribution in [2.75, 3.05) is 13.2 Å². The summed E-state index contributed by atoms with van der Waals surface area (Å²) in [4.78, 5) is 0. The predicted molar refractivity (Wildman–Crippen MR) is 66.8 cm³/mol. The number of hydrogen-bond donors (Lipinski definition) is 2. The number of nitrogens with one attached hydrogen (secondary N) is 1. The van der Waals surface area contributed by atoms with Gasteiger partial charge in [-0.25, -0.2) is 0 Å². The highest BCUT2D eigenvalue weighted by molar-refractivity contribution is 5.95. The van der Waals surface area contributed by atoms with Crippen LogP contribution in [0, 0.1) is 19.3 Å². The molecule has 2 rings (SSSR count). The second kappa shape index (κ2) is 4.75. The van der Waals surface area contributed by atoms with E-state index < -0.39 is 0 Å². The van der Waals surface area contributed by atoms with Crippen LogP contribution in [0.4, 0.5) is 0 Å². The number of hydrogen-bond acceptors (Lipinski definition) is 3. The molecule has 1 aromatic rings. The van der Waals surface area contributed by atoms with E-state index in [0.29, 0.717) is 6.61 Å². The first-order valence-electron chi connectivity index (χ1n) is 5.78. The van der Waals surface area contributed by atoms with Crippen LogP contribution >= 0.6 is 0 Å². The average molecular weight is 234 g/mol. The van der Waals surface area contributed by atoms with Gasteiger partial charge in [0.2, 0.25) is 0 Å². The van der Waals surface area contributed by atoms with Gasteiger partial charge in [0, 0.05) is 12.0 Å². The summed E-state index contributed by atoms with van der Waals surface area (Å²) < 4.78 is 11.2. The Hall–Kier alpha value is -1.55.